The van der Waals surface area contributed by atoms with Crippen molar-refractivity contribution in [2.45, 2.75) is 13.3 Å². The molecule has 1 aromatic rings. The predicted molar refractivity (Wildman–Crippen MR) is 53.5 cm³/mol. The molecule has 0 spiro atoms. The summed E-state index contributed by atoms with van der Waals surface area (Å²) < 4.78 is 0. The SMILES string of the molecule is CCc1ccccc1C(=O)S[Si]. The summed E-state index contributed by atoms with van der Waals surface area (Å²) in [6.45, 7) is 2.05. The minimum atomic E-state index is 0.0733. The van der Waals surface area contributed by atoms with Gasteiger partial charge >= 0.3 is 0 Å². The molecule has 0 aromatic heterocycles. The second kappa shape index (κ2) is 4.47. The van der Waals surface area contributed by atoms with Crippen LogP contribution in [0.25, 0.3) is 0 Å². The van der Waals surface area contributed by atoms with E-state index in [-0.39, 0.29) is 5.12 Å². The van der Waals surface area contributed by atoms with Gasteiger partial charge in [0.25, 0.3) is 0 Å². The number of carbonyl (C=O) groups is 1. The van der Waals surface area contributed by atoms with Crippen molar-refractivity contribution in [1.82, 2.24) is 0 Å². The third-order valence-corrected chi connectivity index (χ3v) is 2.67. The summed E-state index contributed by atoms with van der Waals surface area (Å²) in [5, 5.41) is 0.0733. The van der Waals surface area contributed by atoms with Gasteiger partial charge in [0, 0.05) is 5.56 Å². The molecular formula is C9H9OSSi. The van der Waals surface area contributed by atoms with Crippen LogP contribution in [-0.2, 0) is 6.42 Å². The van der Waals surface area contributed by atoms with Gasteiger partial charge < -0.3 is 0 Å². The van der Waals surface area contributed by atoms with E-state index in [0.717, 1.165) is 28.8 Å². The number of hydrogen-bond donors (Lipinski definition) is 0. The molecule has 1 nitrogen and oxygen atoms in total. The van der Waals surface area contributed by atoms with Gasteiger partial charge in [-0.15, -0.1) is 11.2 Å². The molecule has 12 heavy (non-hydrogen) atoms. The lowest BCUT2D eigenvalue weighted by Gasteiger charge is -2.03. The van der Waals surface area contributed by atoms with E-state index in [1.807, 2.05) is 31.2 Å². The van der Waals surface area contributed by atoms with Gasteiger partial charge in [-0.05, 0) is 12.0 Å². The lowest BCUT2D eigenvalue weighted by atomic mass is 10.1. The Morgan fingerprint density at radius 1 is 1.50 bits per heavy atom. The molecule has 0 aliphatic heterocycles. The van der Waals surface area contributed by atoms with Crippen LogP contribution in [0.2, 0.25) is 0 Å². The summed E-state index contributed by atoms with van der Waals surface area (Å²) >= 11 is 1.07. The predicted octanol–water partition coefficient (Wildman–Crippen LogP) is 2.21. The van der Waals surface area contributed by atoms with Crippen molar-refractivity contribution in [1.29, 1.82) is 0 Å². The number of aryl methyl sites for hydroxylation is 1. The van der Waals surface area contributed by atoms with Gasteiger partial charge in [0.15, 0.2) is 0 Å². The fourth-order valence-corrected chi connectivity index (χ4v) is 1.72. The molecule has 1 aromatic carbocycles. The minimum Gasteiger partial charge on any atom is -0.282 e. The van der Waals surface area contributed by atoms with Crippen molar-refractivity contribution >= 4 is 25.7 Å². The number of benzene rings is 1. The first-order valence-corrected chi connectivity index (χ1v) is 5.79. The quantitative estimate of drug-likeness (QED) is 0.670. The second-order valence-corrected chi connectivity index (χ2v) is 3.59. The minimum absolute atomic E-state index is 0.0733. The van der Waals surface area contributed by atoms with E-state index in [0.29, 0.717) is 0 Å². The van der Waals surface area contributed by atoms with E-state index < -0.39 is 0 Å². The van der Waals surface area contributed by atoms with E-state index in [1.54, 1.807) is 0 Å². The van der Waals surface area contributed by atoms with Crippen LogP contribution in [0.15, 0.2) is 24.3 Å². The van der Waals surface area contributed by atoms with Crippen LogP contribution in [0, 0.1) is 0 Å². The molecule has 0 amide bonds. The first kappa shape index (κ1) is 9.54. The third kappa shape index (κ3) is 1.99. The summed E-state index contributed by atoms with van der Waals surface area (Å²) in [4.78, 5) is 11.3. The van der Waals surface area contributed by atoms with Crippen LogP contribution in [-0.4, -0.2) is 14.5 Å². The molecule has 1 rings (SSSR count). The molecule has 0 N–H and O–H groups in total. The van der Waals surface area contributed by atoms with E-state index in [4.69, 9.17) is 0 Å². The van der Waals surface area contributed by atoms with Gasteiger partial charge in [-0.2, -0.15) is 0 Å². The second-order valence-electron chi connectivity index (χ2n) is 2.40. The first-order valence-electron chi connectivity index (χ1n) is 3.75. The Balaban J connectivity index is 3.04. The highest BCUT2D eigenvalue weighted by atomic mass is 32.4. The van der Waals surface area contributed by atoms with Crippen LogP contribution < -0.4 is 0 Å². The molecule has 0 unspecified atom stereocenters. The fourth-order valence-electron chi connectivity index (χ4n) is 1.08. The zero-order valence-electron chi connectivity index (χ0n) is 6.83. The number of rotatable bonds is 2. The summed E-state index contributed by atoms with van der Waals surface area (Å²) in [7, 11) is 3.13. The number of carbonyl (C=O) groups excluding carboxylic acids is 1. The van der Waals surface area contributed by atoms with Crippen molar-refractivity contribution < 1.29 is 4.79 Å². The van der Waals surface area contributed by atoms with Crippen LogP contribution in [0.4, 0.5) is 0 Å². The van der Waals surface area contributed by atoms with Gasteiger partial charge in [-0.3, -0.25) is 4.79 Å². The Bertz CT molecular complexity index is 286. The summed E-state index contributed by atoms with van der Waals surface area (Å²) in [6, 6.07) is 7.67. The van der Waals surface area contributed by atoms with Crippen LogP contribution in [0.5, 0.6) is 0 Å². The first-order chi connectivity index (χ1) is 5.79. The molecule has 0 fully saturated rings. The monoisotopic (exact) mass is 193 g/mol. The zero-order valence-corrected chi connectivity index (χ0v) is 8.65. The Kier molecular flexibility index (Phi) is 3.56. The van der Waals surface area contributed by atoms with E-state index in [2.05, 4.69) is 9.39 Å². The molecule has 0 bridgehead atoms. The Morgan fingerprint density at radius 2 is 2.17 bits per heavy atom. The highest BCUT2D eigenvalue weighted by Gasteiger charge is 2.06. The summed E-state index contributed by atoms with van der Waals surface area (Å²) in [5.41, 5.74) is 1.91. The molecule has 0 heterocycles. The van der Waals surface area contributed by atoms with Crippen molar-refractivity contribution in [2.75, 3.05) is 0 Å². The molecule has 0 saturated heterocycles. The van der Waals surface area contributed by atoms with Gasteiger partial charge in [-0.25, -0.2) is 0 Å². The lowest BCUT2D eigenvalue weighted by Crippen LogP contribution is -1.97. The van der Waals surface area contributed by atoms with Crippen molar-refractivity contribution in [3.05, 3.63) is 35.4 Å². The van der Waals surface area contributed by atoms with Crippen molar-refractivity contribution in [3.63, 3.8) is 0 Å². The third-order valence-electron chi connectivity index (χ3n) is 1.71. The maximum Gasteiger partial charge on any atom is 0.213 e. The maximum atomic E-state index is 11.3. The van der Waals surface area contributed by atoms with Crippen molar-refractivity contribution in [2.24, 2.45) is 0 Å². The van der Waals surface area contributed by atoms with E-state index in [9.17, 15) is 4.79 Å². The number of hydrogen-bond acceptors (Lipinski definition) is 2. The van der Waals surface area contributed by atoms with Crippen molar-refractivity contribution in [3.8, 4) is 0 Å². The molecule has 3 radical (unpaired) electrons. The fraction of sp³-hybridized carbons (Fsp3) is 0.222. The molecule has 61 valence electrons. The van der Waals surface area contributed by atoms with E-state index in [1.165, 1.54) is 0 Å². The molecule has 0 aliphatic rings. The molecule has 3 heteroatoms. The van der Waals surface area contributed by atoms with E-state index >= 15 is 0 Å². The average Bonchev–Trinajstić information content (AvgIpc) is 2.16. The average molecular weight is 193 g/mol. The van der Waals surface area contributed by atoms with Gasteiger partial charge in [0.2, 0.25) is 5.12 Å². The topological polar surface area (TPSA) is 17.1 Å². The summed E-state index contributed by atoms with van der Waals surface area (Å²) in [5.74, 6) is 0. The van der Waals surface area contributed by atoms with Crippen LogP contribution in [0.1, 0.15) is 22.8 Å². The Labute approximate surface area is 79.6 Å². The normalized spacial score (nSPS) is 9.83. The van der Waals surface area contributed by atoms with Crippen LogP contribution in [0.3, 0.4) is 0 Å². The Hall–Kier alpha value is -0.543. The smallest absolute Gasteiger partial charge is 0.213 e. The van der Waals surface area contributed by atoms with Gasteiger partial charge in [0.05, 0.1) is 0 Å². The highest BCUT2D eigenvalue weighted by molar-refractivity contribution is 8.31. The largest absolute Gasteiger partial charge is 0.282 e. The lowest BCUT2D eigenvalue weighted by molar-refractivity contribution is 0.108. The zero-order chi connectivity index (χ0) is 8.97. The summed E-state index contributed by atoms with van der Waals surface area (Å²) in [6.07, 6.45) is 0.898. The maximum absolute atomic E-state index is 11.3. The molecule has 0 aliphatic carbocycles. The highest BCUT2D eigenvalue weighted by Crippen LogP contribution is 2.14. The molecule has 0 saturated carbocycles. The molecular weight excluding hydrogens is 184 g/mol. The van der Waals surface area contributed by atoms with Gasteiger partial charge in [0.1, 0.15) is 9.39 Å². The standard InChI is InChI=1S/C9H9OSSi/c1-2-7-5-3-4-6-8(7)9(10)11-12/h3-6H,2H2,1H3. The van der Waals surface area contributed by atoms with Crippen LogP contribution >= 0.6 is 11.2 Å². The Morgan fingerprint density at radius 3 is 2.75 bits per heavy atom. The molecule has 0 atom stereocenters. The van der Waals surface area contributed by atoms with Gasteiger partial charge in [-0.1, -0.05) is 31.2 Å².